The fourth-order valence-corrected chi connectivity index (χ4v) is 3.48. The molecular weight excluding hydrogens is 376 g/mol. The lowest BCUT2D eigenvalue weighted by Crippen LogP contribution is -2.47. The molecule has 1 amide bonds. The van der Waals surface area contributed by atoms with Crippen molar-refractivity contribution in [2.45, 2.75) is 37.1 Å². The van der Waals surface area contributed by atoms with Crippen molar-refractivity contribution in [1.29, 1.82) is 5.26 Å². The topological polar surface area (TPSA) is 86.0 Å². The molecule has 1 aliphatic carbocycles. The van der Waals surface area contributed by atoms with Crippen LogP contribution < -0.4 is 5.32 Å². The molecule has 0 aliphatic heterocycles. The molecule has 1 aromatic carbocycles. The number of pyridine rings is 1. The lowest BCUT2D eigenvalue weighted by molar-refractivity contribution is -0.137. The van der Waals surface area contributed by atoms with Gasteiger partial charge in [0.25, 0.3) is 5.91 Å². The third-order valence-electron chi connectivity index (χ3n) is 4.74. The van der Waals surface area contributed by atoms with Crippen LogP contribution in [0.4, 0.5) is 8.78 Å². The number of benzene rings is 1. The highest BCUT2D eigenvalue weighted by atomic mass is 35.5. The number of rotatable bonds is 4. The van der Waals surface area contributed by atoms with Gasteiger partial charge in [-0.05, 0) is 36.6 Å². The molecule has 3 rings (SSSR count). The summed E-state index contributed by atoms with van der Waals surface area (Å²) < 4.78 is 28.8. The third-order valence-corrected chi connectivity index (χ3v) is 5.10. The lowest BCUT2D eigenvalue weighted by Gasteiger charge is -2.38. The number of halogens is 3. The van der Waals surface area contributed by atoms with Crippen molar-refractivity contribution in [2.75, 3.05) is 0 Å². The average Bonchev–Trinajstić information content (AvgIpc) is 2.65. The van der Waals surface area contributed by atoms with Crippen molar-refractivity contribution in [1.82, 2.24) is 10.3 Å². The van der Waals surface area contributed by atoms with Crippen LogP contribution in [0, 0.1) is 17.1 Å². The minimum atomic E-state index is -2.40. The molecular formula is C19H16ClF2N3O2. The minimum Gasteiger partial charge on any atom is -0.382 e. The number of nitrogens with zero attached hydrogens (tertiary/aromatic N) is 2. The SMILES string of the molecule is N#CC[C@]1(O)CC[C@@](F)(C(=O)NCc2ccc(F)cc2Cl)c2cccnc21. The van der Waals surface area contributed by atoms with Crippen LogP contribution in [0.1, 0.15) is 36.1 Å². The largest absolute Gasteiger partial charge is 0.382 e. The Morgan fingerprint density at radius 1 is 1.41 bits per heavy atom. The van der Waals surface area contributed by atoms with Crippen LogP contribution in [0.25, 0.3) is 0 Å². The summed E-state index contributed by atoms with van der Waals surface area (Å²) in [6.07, 6.45) is 0.710. The van der Waals surface area contributed by atoms with E-state index in [9.17, 15) is 14.3 Å². The molecule has 0 radical (unpaired) electrons. The van der Waals surface area contributed by atoms with E-state index in [1.54, 1.807) is 0 Å². The number of hydrogen-bond donors (Lipinski definition) is 2. The number of nitrogens with one attached hydrogen (secondary N) is 1. The highest BCUT2D eigenvalue weighted by Crippen LogP contribution is 2.46. The van der Waals surface area contributed by atoms with Gasteiger partial charge in [0.05, 0.1) is 18.2 Å². The third kappa shape index (κ3) is 3.51. The first-order chi connectivity index (χ1) is 12.8. The van der Waals surface area contributed by atoms with Gasteiger partial charge in [0.15, 0.2) is 0 Å². The van der Waals surface area contributed by atoms with E-state index in [-0.39, 0.29) is 42.1 Å². The van der Waals surface area contributed by atoms with Crippen LogP contribution in [-0.2, 0) is 22.6 Å². The maximum Gasteiger partial charge on any atom is 0.262 e. The zero-order chi connectivity index (χ0) is 19.7. The fourth-order valence-electron chi connectivity index (χ4n) is 3.25. The Hall–Kier alpha value is -2.56. The van der Waals surface area contributed by atoms with Crippen molar-refractivity contribution >= 4 is 17.5 Å². The van der Waals surface area contributed by atoms with E-state index in [2.05, 4.69) is 10.3 Å². The molecule has 1 aromatic heterocycles. The summed E-state index contributed by atoms with van der Waals surface area (Å²) in [5.41, 5.74) is -3.62. The van der Waals surface area contributed by atoms with Gasteiger partial charge in [0.2, 0.25) is 5.67 Å². The first-order valence-corrected chi connectivity index (χ1v) is 8.64. The van der Waals surface area contributed by atoms with Gasteiger partial charge < -0.3 is 10.4 Å². The summed E-state index contributed by atoms with van der Waals surface area (Å²) in [6, 6.07) is 8.44. The number of amides is 1. The molecule has 27 heavy (non-hydrogen) atoms. The molecule has 1 heterocycles. The molecule has 2 N–H and O–H groups in total. The Balaban J connectivity index is 1.87. The molecule has 5 nitrogen and oxygen atoms in total. The smallest absolute Gasteiger partial charge is 0.262 e. The normalized spacial score (nSPS) is 24.0. The predicted molar refractivity (Wildman–Crippen MR) is 93.6 cm³/mol. The van der Waals surface area contributed by atoms with Gasteiger partial charge in [-0.1, -0.05) is 23.7 Å². The summed E-state index contributed by atoms with van der Waals surface area (Å²) in [7, 11) is 0. The Kier molecular flexibility index (Phi) is 5.13. The Labute approximate surface area is 159 Å². The number of aromatic nitrogens is 1. The fraction of sp³-hybridized carbons (Fsp3) is 0.316. The standard InChI is InChI=1S/C19H16ClF2N3O2/c20-15-10-13(21)4-3-12(15)11-25-17(26)19(22)6-5-18(27,7-8-23)16-14(19)2-1-9-24-16/h1-4,9-10,27H,5-7,11H2,(H,25,26)/t18-,19+/m1/s1. The number of nitriles is 1. The first kappa shape index (κ1) is 19.2. The van der Waals surface area contributed by atoms with Gasteiger partial charge in [0.1, 0.15) is 11.4 Å². The summed E-state index contributed by atoms with van der Waals surface area (Å²) in [5.74, 6) is -1.42. The summed E-state index contributed by atoms with van der Waals surface area (Å²) >= 11 is 5.93. The number of alkyl halides is 1. The molecule has 0 saturated carbocycles. The van der Waals surface area contributed by atoms with Gasteiger partial charge in [-0.15, -0.1) is 0 Å². The van der Waals surface area contributed by atoms with Crippen LogP contribution in [0.3, 0.4) is 0 Å². The maximum absolute atomic E-state index is 15.7. The molecule has 0 saturated heterocycles. The van der Waals surface area contributed by atoms with Crippen molar-refractivity contribution in [3.63, 3.8) is 0 Å². The molecule has 0 spiro atoms. The van der Waals surface area contributed by atoms with E-state index in [4.69, 9.17) is 16.9 Å². The van der Waals surface area contributed by atoms with E-state index in [1.165, 1.54) is 30.5 Å². The van der Waals surface area contributed by atoms with E-state index in [0.717, 1.165) is 6.07 Å². The van der Waals surface area contributed by atoms with Gasteiger partial charge in [0, 0.05) is 23.3 Å². The molecule has 0 fully saturated rings. The van der Waals surface area contributed by atoms with E-state index < -0.39 is 23.0 Å². The van der Waals surface area contributed by atoms with Crippen molar-refractivity contribution < 1.29 is 18.7 Å². The van der Waals surface area contributed by atoms with E-state index in [1.807, 2.05) is 6.07 Å². The van der Waals surface area contributed by atoms with Gasteiger partial charge >= 0.3 is 0 Å². The molecule has 0 bridgehead atoms. The van der Waals surface area contributed by atoms with Crippen LogP contribution in [0.2, 0.25) is 5.02 Å². The van der Waals surface area contributed by atoms with Crippen molar-refractivity contribution in [3.05, 3.63) is 64.2 Å². The molecule has 2 aromatic rings. The van der Waals surface area contributed by atoms with E-state index in [0.29, 0.717) is 5.56 Å². The Morgan fingerprint density at radius 2 is 2.19 bits per heavy atom. The number of carbonyl (C=O) groups excluding carboxylic acids is 1. The van der Waals surface area contributed by atoms with Crippen molar-refractivity contribution in [2.24, 2.45) is 0 Å². The van der Waals surface area contributed by atoms with Crippen LogP contribution in [0.5, 0.6) is 0 Å². The van der Waals surface area contributed by atoms with Crippen LogP contribution in [-0.4, -0.2) is 16.0 Å². The quantitative estimate of drug-likeness (QED) is 0.837. The zero-order valence-electron chi connectivity index (χ0n) is 14.2. The average molecular weight is 392 g/mol. The molecule has 2 atom stereocenters. The molecule has 140 valence electrons. The molecule has 8 heteroatoms. The van der Waals surface area contributed by atoms with Gasteiger partial charge in [-0.25, -0.2) is 8.78 Å². The monoisotopic (exact) mass is 391 g/mol. The number of hydrogen-bond acceptors (Lipinski definition) is 4. The lowest BCUT2D eigenvalue weighted by atomic mass is 9.73. The van der Waals surface area contributed by atoms with Crippen LogP contribution in [0.15, 0.2) is 36.5 Å². The summed E-state index contributed by atoms with van der Waals surface area (Å²) in [5, 5.41) is 22.2. The van der Waals surface area contributed by atoms with Crippen molar-refractivity contribution in [3.8, 4) is 6.07 Å². The Morgan fingerprint density at radius 3 is 2.89 bits per heavy atom. The molecule has 1 aliphatic rings. The second-order valence-corrected chi connectivity index (χ2v) is 6.89. The summed E-state index contributed by atoms with van der Waals surface area (Å²) in [6.45, 7) is -0.0817. The highest BCUT2D eigenvalue weighted by Gasteiger charge is 2.51. The van der Waals surface area contributed by atoms with Gasteiger partial charge in [-0.3, -0.25) is 9.78 Å². The number of fused-ring (bicyclic) bond motifs is 1. The van der Waals surface area contributed by atoms with Gasteiger partial charge in [-0.2, -0.15) is 5.26 Å². The first-order valence-electron chi connectivity index (χ1n) is 8.26. The molecule has 0 unspecified atom stereocenters. The second-order valence-electron chi connectivity index (χ2n) is 6.49. The zero-order valence-corrected chi connectivity index (χ0v) is 14.9. The van der Waals surface area contributed by atoms with E-state index >= 15 is 4.39 Å². The highest BCUT2D eigenvalue weighted by molar-refractivity contribution is 6.31. The Bertz CT molecular complexity index is 933. The number of carbonyl (C=O) groups is 1. The van der Waals surface area contributed by atoms with Crippen LogP contribution >= 0.6 is 11.6 Å². The summed E-state index contributed by atoms with van der Waals surface area (Å²) in [4.78, 5) is 16.7. The predicted octanol–water partition coefficient (Wildman–Crippen LogP) is 3.25. The number of aliphatic hydroxyl groups is 1. The second kappa shape index (κ2) is 7.22. The minimum absolute atomic E-state index is 0.00438. The maximum atomic E-state index is 15.7.